The van der Waals surface area contributed by atoms with Crippen LogP contribution in [0.15, 0.2) is 41.5 Å². The summed E-state index contributed by atoms with van der Waals surface area (Å²) < 4.78 is 25.3. The number of ether oxygens (including phenoxy) is 3. The van der Waals surface area contributed by atoms with Crippen LogP contribution in [0.4, 0.5) is 0 Å². The molecule has 3 aliphatic carbocycles. The highest BCUT2D eigenvalue weighted by atomic mass is 28.4. The van der Waals surface area contributed by atoms with Gasteiger partial charge in [-0.2, -0.15) is 0 Å². The number of aliphatic hydroxyl groups is 1. The second-order valence-electron chi connectivity index (χ2n) is 14.8. The molecule has 1 aliphatic heterocycles. The first-order valence-electron chi connectivity index (χ1n) is 15.1. The molecule has 0 radical (unpaired) electrons. The van der Waals surface area contributed by atoms with Crippen LogP contribution >= 0.6 is 0 Å². The highest BCUT2D eigenvalue weighted by molar-refractivity contribution is 6.69. The topological polar surface area (TPSA) is 108 Å². The van der Waals surface area contributed by atoms with Crippen molar-refractivity contribution in [3.8, 4) is 0 Å². The Labute approximate surface area is 250 Å². The van der Waals surface area contributed by atoms with Gasteiger partial charge in [-0.1, -0.05) is 45.9 Å². The first-order valence-corrected chi connectivity index (χ1v) is 18.5. The third-order valence-electron chi connectivity index (χ3n) is 10.7. The number of carbonyl (C=O) groups excluding carboxylic acids is 3. The van der Waals surface area contributed by atoms with Crippen molar-refractivity contribution >= 4 is 26.0 Å². The van der Waals surface area contributed by atoms with Crippen molar-refractivity contribution in [2.24, 2.45) is 22.7 Å². The van der Waals surface area contributed by atoms with Gasteiger partial charge >= 0.3 is 11.9 Å². The van der Waals surface area contributed by atoms with Crippen LogP contribution in [-0.2, 0) is 28.2 Å². The third kappa shape index (κ3) is 4.62. The van der Waals surface area contributed by atoms with Crippen LogP contribution in [0.2, 0.25) is 19.6 Å². The fourth-order valence-electron chi connectivity index (χ4n) is 8.48. The van der Waals surface area contributed by atoms with Crippen LogP contribution < -0.4 is 0 Å². The Kier molecular flexibility index (Phi) is 7.49. The predicted molar refractivity (Wildman–Crippen MR) is 159 cm³/mol. The number of esters is 2. The van der Waals surface area contributed by atoms with Gasteiger partial charge in [0.1, 0.15) is 17.8 Å². The van der Waals surface area contributed by atoms with Gasteiger partial charge in [0, 0.05) is 36.7 Å². The van der Waals surface area contributed by atoms with E-state index in [9.17, 15) is 19.5 Å². The monoisotopic (exact) mass is 598 g/mol. The SMILES string of the molecule is CC(=O)O[C@@]12CO[C@@H]1C[C@H](C)[C@@]1(C)CC(=O)C3=C(C)C(O[Si](C)(C)C)C[C@@](O)([C@@H](OC(=O)c4ccccc4)C12)C3(C)C. The number of benzene rings is 1. The quantitative estimate of drug-likeness (QED) is 0.362. The number of fused-ring (bicyclic) bond motifs is 5. The van der Waals surface area contributed by atoms with Gasteiger partial charge in [0.15, 0.2) is 19.7 Å². The molecule has 1 heterocycles. The summed E-state index contributed by atoms with van der Waals surface area (Å²) in [6.45, 7) is 17.4. The van der Waals surface area contributed by atoms with E-state index in [-0.39, 0.29) is 31.1 Å². The van der Waals surface area contributed by atoms with Gasteiger partial charge in [-0.3, -0.25) is 9.59 Å². The van der Waals surface area contributed by atoms with Crippen molar-refractivity contribution < 1.29 is 38.1 Å². The minimum absolute atomic E-state index is 0.0522. The van der Waals surface area contributed by atoms with E-state index < -0.39 is 66.5 Å². The Morgan fingerprint density at radius 3 is 2.29 bits per heavy atom. The van der Waals surface area contributed by atoms with E-state index in [0.717, 1.165) is 5.57 Å². The summed E-state index contributed by atoms with van der Waals surface area (Å²) in [7, 11) is -2.14. The molecule has 1 aromatic carbocycles. The third-order valence-corrected chi connectivity index (χ3v) is 11.7. The van der Waals surface area contributed by atoms with Crippen LogP contribution in [0, 0.1) is 22.7 Å². The summed E-state index contributed by atoms with van der Waals surface area (Å²) in [5, 5.41) is 13.2. The summed E-state index contributed by atoms with van der Waals surface area (Å²) in [6.07, 6.45) is -1.25. The summed E-state index contributed by atoms with van der Waals surface area (Å²) in [4.78, 5) is 41.0. The van der Waals surface area contributed by atoms with Gasteiger partial charge in [0.25, 0.3) is 0 Å². The first kappa shape index (κ1) is 31.1. The maximum absolute atomic E-state index is 14.5. The Bertz CT molecular complexity index is 1310. The number of hydrogen-bond acceptors (Lipinski definition) is 8. The van der Waals surface area contributed by atoms with Gasteiger partial charge in [0.05, 0.1) is 18.3 Å². The van der Waals surface area contributed by atoms with Crippen molar-refractivity contribution in [3.05, 3.63) is 47.0 Å². The number of rotatable bonds is 5. The smallest absolute Gasteiger partial charge is 0.338 e. The Morgan fingerprint density at radius 1 is 1.10 bits per heavy atom. The Morgan fingerprint density at radius 2 is 1.74 bits per heavy atom. The first-order chi connectivity index (χ1) is 19.4. The van der Waals surface area contributed by atoms with Crippen LogP contribution in [0.25, 0.3) is 0 Å². The molecule has 1 saturated heterocycles. The lowest BCUT2D eigenvalue weighted by molar-refractivity contribution is -0.343. The molecular weight excluding hydrogens is 552 g/mol. The van der Waals surface area contributed by atoms with Gasteiger partial charge < -0.3 is 23.7 Å². The lowest BCUT2D eigenvalue weighted by Gasteiger charge is -2.68. The molecule has 0 amide bonds. The molecule has 1 aromatic rings. The van der Waals surface area contributed by atoms with Crippen molar-refractivity contribution in [2.75, 3.05) is 6.61 Å². The highest BCUT2D eigenvalue weighted by Gasteiger charge is 2.75. The van der Waals surface area contributed by atoms with E-state index in [2.05, 4.69) is 26.6 Å². The molecule has 5 rings (SSSR count). The van der Waals surface area contributed by atoms with Crippen LogP contribution in [0.3, 0.4) is 0 Å². The molecule has 230 valence electrons. The summed E-state index contributed by atoms with van der Waals surface area (Å²) in [6, 6.07) is 8.70. The number of hydrogen-bond donors (Lipinski definition) is 1. The molecule has 0 spiro atoms. The molecule has 42 heavy (non-hydrogen) atoms. The minimum Gasteiger partial charge on any atom is -0.455 e. The van der Waals surface area contributed by atoms with E-state index in [1.807, 2.05) is 33.8 Å². The molecule has 8 atom stereocenters. The zero-order chi connectivity index (χ0) is 31.0. The fourth-order valence-corrected chi connectivity index (χ4v) is 9.60. The predicted octanol–water partition coefficient (Wildman–Crippen LogP) is 5.25. The molecule has 2 saturated carbocycles. The second-order valence-corrected chi connectivity index (χ2v) is 19.3. The summed E-state index contributed by atoms with van der Waals surface area (Å²) >= 11 is 0. The highest BCUT2D eigenvalue weighted by Crippen LogP contribution is 2.65. The van der Waals surface area contributed by atoms with Crippen molar-refractivity contribution in [2.45, 2.75) is 110 Å². The zero-order valence-corrected chi connectivity index (χ0v) is 27.4. The van der Waals surface area contributed by atoms with Gasteiger partial charge in [-0.05, 0) is 62.0 Å². The van der Waals surface area contributed by atoms with Gasteiger partial charge in [-0.15, -0.1) is 0 Å². The zero-order valence-electron chi connectivity index (χ0n) is 26.4. The molecule has 0 aromatic heterocycles. The average molecular weight is 599 g/mol. The summed E-state index contributed by atoms with van der Waals surface area (Å²) in [5.41, 5.74) is -3.06. The molecular formula is C33H46O8Si. The van der Waals surface area contributed by atoms with Crippen molar-refractivity contribution in [1.29, 1.82) is 0 Å². The fraction of sp³-hybridized carbons (Fsp3) is 0.667. The molecule has 8 nitrogen and oxygen atoms in total. The van der Waals surface area contributed by atoms with E-state index in [1.54, 1.807) is 24.3 Å². The largest absolute Gasteiger partial charge is 0.455 e. The molecule has 2 bridgehead atoms. The standard InChI is InChI=1S/C33H46O8Si/c1-19-15-25-32(18-38-25,40-21(3)34)27-28(39-29(36)22-13-11-10-12-14-22)33(37)17-24(41-42(7,8)9)20(2)26(30(33,4)5)23(35)16-31(19,27)6/h10-14,19,24-25,27-28,37H,15-18H2,1-9H3/t19-,24?,25+,27?,28-,31+,32-,33+/m0/s1. The number of Topliss-reactive ketones (excluding diaryl/α,β-unsaturated/α-hetero) is 1. The molecule has 2 unspecified atom stereocenters. The maximum Gasteiger partial charge on any atom is 0.338 e. The van der Waals surface area contributed by atoms with E-state index >= 15 is 0 Å². The lowest BCUT2D eigenvalue weighted by atomic mass is 9.44. The van der Waals surface area contributed by atoms with E-state index in [4.69, 9.17) is 18.6 Å². The van der Waals surface area contributed by atoms with Gasteiger partial charge in [-0.25, -0.2) is 4.79 Å². The van der Waals surface area contributed by atoms with Crippen molar-refractivity contribution in [3.63, 3.8) is 0 Å². The minimum atomic E-state index is -2.14. The van der Waals surface area contributed by atoms with Gasteiger partial charge in [0.2, 0.25) is 0 Å². The van der Waals surface area contributed by atoms with Crippen LogP contribution in [0.1, 0.15) is 71.2 Å². The normalized spacial score (nSPS) is 39.2. The van der Waals surface area contributed by atoms with Crippen molar-refractivity contribution in [1.82, 2.24) is 0 Å². The van der Waals surface area contributed by atoms with Crippen LogP contribution in [0.5, 0.6) is 0 Å². The average Bonchev–Trinajstić information content (AvgIpc) is 2.86. The number of carbonyl (C=O) groups is 3. The van der Waals surface area contributed by atoms with Crippen LogP contribution in [-0.4, -0.2) is 67.3 Å². The van der Waals surface area contributed by atoms with E-state index in [1.165, 1.54) is 6.92 Å². The van der Waals surface area contributed by atoms with E-state index in [0.29, 0.717) is 17.6 Å². The molecule has 4 aliphatic rings. The summed E-state index contributed by atoms with van der Waals surface area (Å²) in [5.74, 6) is -1.89. The maximum atomic E-state index is 14.5. The molecule has 9 heteroatoms. The lowest BCUT2D eigenvalue weighted by Crippen LogP contribution is -2.79. The Balaban J connectivity index is 1.78. The molecule has 3 fully saturated rings. The second kappa shape index (κ2) is 10.1. The molecule has 1 N–H and O–H groups in total. The number of ketones is 1. The Hall–Kier alpha value is -2.33.